The van der Waals surface area contributed by atoms with Crippen LogP contribution in [0.5, 0.6) is 0 Å². The van der Waals surface area contributed by atoms with E-state index in [4.69, 9.17) is 39.0 Å². The normalized spacial score (nSPS) is 37.7. The molecule has 4 unspecified atom stereocenters. The zero-order valence-corrected chi connectivity index (χ0v) is 24.7. The number of imidazole rings is 2. The lowest BCUT2D eigenvalue weighted by molar-refractivity contribution is -0.0671. The first-order valence-electron chi connectivity index (χ1n) is 13.3. The summed E-state index contributed by atoms with van der Waals surface area (Å²) in [6, 6.07) is 0. The van der Waals surface area contributed by atoms with E-state index in [0.29, 0.717) is 0 Å². The van der Waals surface area contributed by atoms with Crippen molar-refractivity contribution in [2.75, 3.05) is 24.7 Å². The van der Waals surface area contributed by atoms with Crippen LogP contribution in [0.1, 0.15) is 19.4 Å². The Labute approximate surface area is 250 Å². The quantitative estimate of drug-likeness (QED) is 0.138. The largest absolute Gasteiger partial charge is 0.472 e. The van der Waals surface area contributed by atoms with Gasteiger partial charge in [0, 0.05) is 5.92 Å². The molecule has 0 aliphatic carbocycles. The molecule has 3 saturated heterocycles. The van der Waals surface area contributed by atoms with Crippen molar-refractivity contribution < 1.29 is 51.6 Å². The van der Waals surface area contributed by atoms with Gasteiger partial charge < -0.3 is 35.8 Å². The van der Waals surface area contributed by atoms with Gasteiger partial charge in [0.1, 0.15) is 36.3 Å². The molecule has 4 aromatic rings. The highest BCUT2D eigenvalue weighted by molar-refractivity contribution is 7.47. The number of fused-ring (bicyclic) bond motifs is 5. The van der Waals surface area contributed by atoms with Crippen LogP contribution in [0.3, 0.4) is 0 Å². The van der Waals surface area contributed by atoms with Crippen molar-refractivity contribution in [3.8, 4) is 0 Å². The standard InChI is InChI=1S/C21H26N10O12P2/c1-7-8-2-38-45(36,37)43-14-9(41-19(12(14)32)30-5-26-10-15(22)24-4-25-16(10)30)3-39-44(34,35)42-13(7)20(40-8)31-6-27-11-17(31)28-21(23)29-18(11)33/h4-9,12-14,19-20,32H,2-3H2,1H3,(H,34,35)(H,36,37)(H2,22,24,25)(H3,23,28,29,33)/t7?,8-,9-,12+,13+,14?,19-,20-/m1/s1. The number of aliphatic hydroxyl groups excluding tert-OH is 1. The maximum atomic E-state index is 13.3. The Morgan fingerprint density at radius 1 is 0.889 bits per heavy atom. The number of rotatable bonds is 2. The minimum Gasteiger partial charge on any atom is -0.386 e. The maximum absolute atomic E-state index is 13.3. The maximum Gasteiger partial charge on any atom is 0.472 e. The van der Waals surface area contributed by atoms with Crippen molar-refractivity contribution in [1.29, 1.82) is 0 Å². The number of phosphoric acid groups is 2. The number of nitrogen functional groups attached to an aromatic ring is 2. The van der Waals surface area contributed by atoms with Crippen LogP contribution in [0.4, 0.5) is 11.8 Å². The number of hydrogen-bond donors (Lipinski definition) is 6. The van der Waals surface area contributed by atoms with Gasteiger partial charge in [-0.25, -0.2) is 29.1 Å². The van der Waals surface area contributed by atoms with Gasteiger partial charge in [0.15, 0.2) is 35.1 Å². The summed E-state index contributed by atoms with van der Waals surface area (Å²) in [5.41, 5.74) is 11.2. The molecule has 3 aliphatic heterocycles. The van der Waals surface area contributed by atoms with Crippen molar-refractivity contribution in [3.63, 3.8) is 0 Å². The van der Waals surface area contributed by atoms with Crippen LogP contribution in [0.15, 0.2) is 23.8 Å². The zero-order chi connectivity index (χ0) is 31.8. The average Bonchev–Trinajstić information content (AvgIpc) is 3.72. The number of aromatic nitrogens is 8. The molecule has 3 aliphatic rings. The Morgan fingerprint density at radius 2 is 1.51 bits per heavy atom. The number of aliphatic hydroxyl groups is 1. The van der Waals surface area contributed by atoms with Crippen LogP contribution >= 0.6 is 15.6 Å². The fourth-order valence-corrected chi connectivity index (χ4v) is 7.48. The lowest BCUT2D eigenvalue weighted by Gasteiger charge is -2.26. The van der Waals surface area contributed by atoms with Crippen molar-refractivity contribution in [3.05, 3.63) is 29.3 Å². The van der Waals surface area contributed by atoms with Crippen LogP contribution in [0.25, 0.3) is 22.3 Å². The summed E-state index contributed by atoms with van der Waals surface area (Å²) in [5.74, 6) is -0.939. The number of nitrogens with one attached hydrogen (secondary N) is 1. The molecule has 24 heteroatoms. The number of phosphoric ester groups is 2. The van der Waals surface area contributed by atoms with E-state index >= 15 is 0 Å². The van der Waals surface area contributed by atoms with Gasteiger partial charge in [0.05, 0.1) is 32.0 Å². The molecule has 242 valence electrons. The second kappa shape index (κ2) is 10.9. The van der Waals surface area contributed by atoms with E-state index in [1.165, 1.54) is 28.1 Å². The summed E-state index contributed by atoms with van der Waals surface area (Å²) in [6.45, 7) is 0.255. The molecule has 0 aromatic carbocycles. The Balaban J connectivity index is 1.21. The Bertz CT molecular complexity index is 1940. The molecule has 8 N–H and O–H groups in total. The smallest absolute Gasteiger partial charge is 0.386 e. The molecule has 0 radical (unpaired) electrons. The highest BCUT2D eigenvalue weighted by atomic mass is 31.2. The lowest BCUT2D eigenvalue weighted by Crippen LogP contribution is -2.36. The highest BCUT2D eigenvalue weighted by Gasteiger charge is 2.53. The molecule has 2 bridgehead atoms. The van der Waals surface area contributed by atoms with Crippen molar-refractivity contribution >= 4 is 49.7 Å². The van der Waals surface area contributed by atoms with Gasteiger partial charge in [-0.2, -0.15) is 4.98 Å². The van der Waals surface area contributed by atoms with Gasteiger partial charge in [-0.05, 0) is 0 Å². The first-order chi connectivity index (χ1) is 21.3. The SMILES string of the molecule is CC1[C@H]2COP(=O)(O)OC3[C@@H](COP(=O)(O)O[C@@H]1[C@H](n1cnc4c(=O)[nH]c(N)nc41)O2)O[C@@H](n1cnc2c(N)ncnc21)[C@H]3O. The lowest BCUT2D eigenvalue weighted by atomic mass is 10.0. The summed E-state index contributed by atoms with van der Waals surface area (Å²) in [5, 5.41) is 11.2. The molecule has 3 fully saturated rings. The highest BCUT2D eigenvalue weighted by Crippen LogP contribution is 2.54. The fourth-order valence-electron chi connectivity index (χ4n) is 5.52. The van der Waals surface area contributed by atoms with Crippen LogP contribution in [0, 0.1) is 5.92 Å². The topological polar surface area (TPSA) is 309 Å². The Morgan fingerprint density at radius 3 is 2.24 bits per heavy atom. The fraction of sp³-hybridized carbons (Fsp3) is 0.524. The number of nitrogens with two attached hydrogens (primary N) is 2. The van der Waals surface area contributed by atoms with E-state index in [1.807, 2.05) is 0 Å². The minimum atomic E-state index is -4.95. The van der Waals surface area contributed by atoms with Crippen molar-refractivity contribution in [2.24, 2.45) is 5.92 Å². The van der Waals surface area contributed by atoms with Crippen LogP contribution < -0.4 is 17.0 Å². The summed E-state index contributed by atoms with van der Waals surface area (Å²) in [7, 11) is -9.91. The van der Waals surface area contributed by atoms with E-state index in [0.717, 1.165) is 0 Å². The number of aromatic amines is 1. The van der Waals surface area contributed by atoms with E-state index < -0.39 is 83.3 Å². The monoisotopic (exact) mass is 672 g/mol. The molecule has 7 heterocycles. The third-order valence-electron chi connectivity index (χ3n) is 7.71. The third kappa shape index (κ3) is 5.32. The van der Waals surface area contributed by atoms with E-state index in [9.17, 15) is 28.8 Å². The van der Waals surface area contributed by atoms with Crippen LogP contribution in [-0.2, 0) is 36.7 Å². The van der Waals surface area contributed by atoms with Gasteiger partial charge in [0.2, 0.25) is 5.95 Å². The van der Waals surface area contributed by atoms with Gasteiger partial charge in [-0.1, -0.05) is 6.92 Å². The van der Waals surface area contributed by atoms with Gasteiger partial charge >= 0.3 is 15.6 Å². The first kappa shape index (κ1) is 30.3. The molecular weight excluding hydrogens is 646 g/mol. The van der Waals surface area contributed by atoms with Gasteiger partial charge in [0.25, 0.3) is 5.56 Å². The van der Waals surface area contributed by atoms with Crippen molar-refractivity contribution in [1.82, 2.24) is 39.0 Å². The summed E-state index contributed by atoms with van der Waals surface area (Å²) >= 11 is 0. The number of anilines is 2. The summed E-state index contributed by atoms with van der Waals surface area (Å²) in [6.07, 6.45) is -5.93. The van der Waals surface area contributed by atoms with E-state index in [2.05, 4.69) is 29.9 Å². The number of hydrogen-bond acceptors (Lipinski definition) is 17. The zero-order valence-electron chi connectivity index (χ0n) is 23.0. The molecule has 7 rings (SSSR count). The molecule has 0 saturated carbocycles. The minimum absolute atomic E-state index is 0.0177. The predicted octanol–water partition coefficient (Wildman–Crippen LogP) is -1.07. The molecule has 22 nitrogen and oxygen atoms in total. The van der Waals surface area contributed by atoms with Gasteiger partial charge in [-0.15, -0.1) is 0 Å². The molecule has 4 aromatic heterocycles. The van der Waals surface area contributed by atoms with Crippen LogP contribution in [0.2, 0.25) is 0 Å². The summed E-state index contributed by atoms with van der Waals surface area (Å²) < 4.78 is 62.3. The van der Waals surface area contributed by atoms with E-state index in [-0.39, 0.29) is 34.1 Å². The number of H-pyrrole nitrogens is 1. The molecule has 45 heavy (non-hydrogen) atoms. The Kier molecular flexibility index (Phi) is 7.30. The Hall–Kier alpha value is -3.40. The van der Waals surface area contributed by atoms with Gasteiger partial charge in [-0.3, -0.25) is 37.0 Å². The molecular formula is C21H26N10O12P2. The number of ether oxygens (including phenoxy) is 2. The molecule has 10 atom stereocenters. The second-order valence-electron chi connectivity index (χ2n) is 10.5. The van der Waals surface area contributed by atoms with Crippen LogP contribution in [-0.4, -0.2) is 97.7 Å². The summed E-state index contributed by atoms with van der Waals surface area (Å²) in [4.78, 5) is 56.3. The predicted molar refractivity (Wildman–Crippen MR) is 147 cm³/mol. The first-order valence-corrected chi connectivity index (χ1v) is 16.3. The second-order valence-corrected chi connectivity index (χ2v) is 13.3. The average molecular weight is 672 g/mol. The third-order valence-corrected chi connectivity index (χ3v) is 9.68. The van der Waals surface area contributed by atoms with Crippen molar-refractivity contribution in [2.45, 2.75) is 49.9 Å². The molecule has 0 spiro atoms. The van der Waals surface area contributed by atoms with E-state index in [1.54, 1.807) is 6.92 Å². The molecule has 0 amide bonds. The number of nitrogens with zero attached hydrogens (tertiary/aromatic N) is 7.